The molecule has 0 saturated heterocycles. The van der Waals surface area contributed by atoms with Crippen molar-refractivity contribution in [2.24, 2.45) is 0 Å². The molecule has 1 unspecified atom stereocenters. The van der Waals surface area contributed by atoms with Crippen LogP contribution in [-0.2, 0) is 6.42 Å². The maximum absolute atomic E-state index is 13.6. The molecule has 0 saturated carbocycles. The molecule has 2 nitrogen and oxygen atoms in total. The highest BCUT2D eigenvalue weighted by Crippen LogP contribution is 2.24. The van der Waals surface area contributed by atoms with Gasteiger partial charge in [-0.25, -0.2) is 4.39 Å². The average molecular weight is 267 g/mol. The Labute approximate surface area is 109 Å². The maximum atomic E-state index is 13.6. The van der Waals surface area contributed by atoms with Crippen molar-refractivity contribution in [1.82, 2.24) is 0 Å². The first-order valence-electron chi connectivity index (χ1n) is 5.47. The van der Waals surface area contributed by atoms with E-state index in [2.05, 4.69) is 0 Å². The first-order chi connectivity index (χ1) is 8.56. The normalized spacial score (nSPS) is 12.4. The number of aliphatic hydroxyl groups excluding tert-OH is 1. The molecule has 2 aromatic rings. The summed E-state index contributed by atoms with van der Waals surface area (Å²) in [4.78, 5) is 0. The minimum atomic E-state index is -0.968. The predicted octanol–water partition coefficient (Wildman–Crippen LogP) is 3.46. The maximum Gasteiger partial charge on any atom is 0.130 e. The highest BCUT2D eigenvalue weighted by atomic mass is 35.5. The quantitative estimate of drug-likeness (QED) is 0.893. The number of hydrogen-bond acceptors (Lipinski definition) is 2. The fourth-order valence-electron chi connectivity index (χ4n) is 1.79. The summed E-state index contributed by atoms with van der Waals surface area (Å²) in [6, 6.07) is 10.7. The van der Waals surface area contributed by atoms with E-state index in [9.17, 15) is 14.6 Å². The Kier molecular flexibility index (Phi) is 3.84. The van der Waals surface area contributed by atoms with Gasteiger partial charge in [-0.3, -0.25) is 0 Å². The van der Waals surface area contributed by atoms with Crippen LogP contribution in [0, 0.1) is 5.82 Å². The van der Waals surface area contributed by atoms with Crippen LogP contribution in [-0.4, -0.2) is 10.2 Å². The van der Waals surface area contributed by atoms with Gasteiger partial charge in [-0.15, -0.1) is 0 Å². The summed E-state index contributed by atoms with van der Waals surface area (Å²) in [5.41, 5.74) is 0.930. The minimum Gasteiger partial charge on any atom is -0.508 e. The van der Waals surface area contributed by atoms with E-state index >= 15 is 0 Å². The Hall–Kier alpha value is -1.58. The van der Waals surface area contributed by atoms with Gasteiger partial charge < -0.3 is 10.2 Å². The predicted molar refractivity (Wildman–Crippen MR) is 68.2 cm³/mol. The van der Waals surface area contributed by atoms with Crippen molar-refractivity contribution in [3.63, 3.8) is 0 Å². The Morgan fingerprint density at radius 1 is 1.17 bits per heavy atom. The fourth-order valence-corrected chi connectivity index (χ4v) is 1.95. The third-order valence-corrected chi connectivity index (χ3v) is 2.90. The van der Waals surface area contributed by atoms with E-state index in [4.69, 9.17) is 11.6 Å². The zero-order valence-corrected chi connectivity index (χ0v) is 10.2. The van der Waals surface area contributed by atoms with Crippen LogP contribution in [0.1, 0.15) is 17.2 Å². The van der Waals surface area contributed by atoms with Gasteiger partial charge in [0.2, 0.25) is 0 Å². The van der Waals surface area contributed by atoms with Crippen molar-refractivity contribution in [2.45, 2.75) is 12.5 Å². The molecule has 0 aliphatic heterocycles. The molecule has 18 heavy (non-hydrogen) atoms. The SMILES string of the molecule is Oc1cccc(CC(O)c2ccc(Cl)cc2F)c1. The number of phenolic OH excluding ortho intramolecular Hbond substituents is 1. The molecular formula is C14H12ClFO2. The Morgan fingerprint density at radius 3 is 2.61 bits per heavy atom. The Balaban J connectivity index is 2.19. The number of rotatable bonds is 3. The van der Waals surface area contributed by atoms with Crippen LogP contribution in [0.4, 0.5) is 4.39 Å². The standard InChI is InChI=1S/C14H12ClFO2/c15-10-4-5-12(13(16)8-10)14(18)7-9-2-1-3-11(17)6-9/h1-6,8,14,17-18H,7H2. The number of phenols is 1. The molecule has 2 N–H and O–H groups in total. The van der Waals surface area contributed by atoms with Gasteiger partial charge in [-0.1, -0.05) is 29.8 Å². The first-order valence-corrected chi connectivity index (χ1v) is 5.85. The van der Waals surface area contributed by atoms with Crippen molar-refractivity contribution in [2.75, 3.05) is 0 Å². The van der Waals surface area contributed by atoms with Gasteiger partial charge in [-0.2, -0.15) is 0 Å². The van der Waals surface area contributed by atoms with E-state index < -0.39 is 11.9 Å². The second-order valence-corrected chi connectivity index (χ2v) is 4.49. The van der Waals surface area contributed by atoms with Crippen LogP contribution in [0.3, 0.4) is 0 Å². The third kappa shape index (κ3) is 3.00. The number of aliphatic hydroxyl groups is 1. The smallest absolute Gasteiger partial charge is 0.130 e. The van der Waals surface area contributed by atoms with Crippen LogP contribution in [0.15, 0.2) is 42.5 Å². The second kappa shape index (κ2) is 5.38. The van der Waals surface area contributed by atoms with Gasteiger partial charge >= 0.3 is 0 Å². The molecule has 0 aliphatic carbocycles. The molecule has 94 valence electrons. The van der Waals surface area contributed by atoms with Crippen LogP contribution < -0.4 is 0 Å². The average Bonchev–Trinajstić information content (AvgIpc) is 2.28. The van der Waals surface area contributed by atoms with Crippen LogP contribution in [0.25, 0.3) is 0 Å². The van der Waals surface area contributed by atoms with E-state index in [0.29, 0.717) is 5.02 Å². The zero-order chi connectivity index (χ0) is 13.1. The van der Waals surface area contributed by atoms with Crippen molar-refractivity contribution in [3.05, 3.63) is 64.4 Å². The van der Waals surface area contributed by atoms with Gasteiger partial charge in [0, 0.05) is 17.0 Å². The van der Waals surface area contributed by atoms with Gasteiger partial charge in [-0.05, 0) is 29.8 Å². The first kappa shape index (κ1) is 12.9. The molecule has 0 amide bonds. The molecule has 1 atom stereocenters. The van der Waals surface area contributed by atoms with Gasteiger partial charge in [0.1, 0.15) is 11.6 Å². The second-order valence-electron chi connectivity index (χ2n) is 4.06. The molecule has 4 heteroatoms. The molecular weight excluding hydrogens is 255 g/mol. The lowest BCUT2D eigenvalue weighted by molar-refractivity contribution is 0.173. The number of halogens is 2. The van der Waals surface area contributed by atoms with Crippen molar-refractivity contribution in [1.29, 1.82) is 0 Å². The highest BCUT2D eigenvalue weighted by Gasteiger charge is 2.13. The van der Waals surface area contributed by atoms with Gasteiger partial charge in [0.25, 0.3) is 0 Å². The lowest BCUT2D eigenvalue weighted by atomic mass is 10.0. The summed E-state index contributed by atoms with van der Waals surface area (Å²) in [7, 11) is 0. The number of hydrogen-bond donors (Lipinski definition) is 2. The molecule has 0 bridgehead atoms. The molecule has 2 rings (SSSR count). The van der Waals surface area contributed by atoms with E-state index in [0.717, 1.165) is 5.56 Å². The van der Waals surface area contributed by atoms with E-state index in [1.807, 2.05) is 0 Å². The third-order valence-electron chi connectivity index (χ3n) is 2.66. The van der Waals surface area contributed by atoms with Crippen LogP contribution in [0.2, 0.25) is 5.02 Å². The van der Waals surface area contributed by atoms with Crippen molar-refractivity contribution >= 4 is 11.6 Å². The topological polar surface area (TPSA) is 40.5 Å². The summed E-state index contributed by atoms with van der Waals surface area (Å²) in [6.45, 7) is 0. The summed E-state index contributed by atoms with van der Waals surface area (Å²) in [5.74, 6) is -0.411. The number of benzene rings is 2. The highest BCUT2D eigenvalue weighted by molar-refractivity contribution is 6.30. The van der Waals surface area contributed by atoms with Crippen LogP contribution >= 0.6 is 11.6 Å². The van der Waals surface area contributed by atoms with Crippen molar-refractivity contribution < 1.29 is 14.6 Å². The molecule has 0 fully saturated rings. The summed E-state index contributed by atoms with van der Waals surface area (Å²) < 4.78 is 13.6. The van der Waals surface area contributed by atoms with Gasteiger partial charge in [0.05, 0.1) is 6.10 Å². The molecule has 2 aromatic carbocycles. The lowest BCUT2D eigenvalue weighted by Gasteiger charge is -2.12. The molecule has 0 spiro atoms. The van der Waals surface area contributed by atoms with Crippen molar-refractivity contribution in [3.8, 4) is 5.75 Å². The number of aromatic hydroxyl groups is 1. The minimum absolute atomic E-state index is 0.122. The molecule has 0 aliphatic rings. The summed E-state index contributed by atoms with van der Waals surface area (Å²) in [5, 5.41) is 19.6. The van der Waals surface area contributed by atoms with Gasteiger partial charge in [0.15, 0.2) is 0 Å². The Morgan fingerprint density at radius 2 is 1.94 bits per heavy atom. The Bertz CT molecular complexity index is 557. The zero-order valence-electron chi connectivity index (χ0n) is 9.48. The fraction of sp³-hybridized carbons (Fsp3) is 0.143. The largest absolute Gasteiger partial charge is 0.508 e. The molecule has 0 radical (unpaired) electrons. The van der Waals surface area contributed by atoms with E-state index in [-0.39, 0.29) is 17.7 Å². The monoisotopic (exact) mass is 266 g/mol. The molecule has 0 aromatic heterocycles. The summed E-state index contributed by atoms with van der Waals surface area (Å²) in [6.07, 6.45) is -0.739. The van der Waals surface area contributed by atoms with E-state index in [1.54, 1.807) is 18.2 Å². The lowest BCUT2D eigenvalue weighted by Crippen LogP contribution is -2.04. The van der Waals surface area contributed by atoms with E-state index in [1.165, 1.54) is 24.3 Å². The summed E-state index contributed by atoms with van der Waals surface area (Å²) >= 11 is 5.65. The van der Waals surface area contributed by atoms with Crippen LogP contribution in [0.5, 0.6) is 5.75 Å². The molecule has 0 heterocycles.